The Kier molecular flexibility index (Phi) is 8.47. The van der Waals surface area contributed by atoms with Crippen LogP contribution in [-0.2, 0) is 26.2 Å². The van der Waals surface area contributed by atoms with Crippen LogP contribution in [0.15, 0.2) is 48.5 Å². The Bertz CT molecular complexity index is 1030. The largest absolute Gasteiger partial charge is 0.355 e. The quantitative estimate of drug-likeness (QED) is 0.616. The van der Waals surface area contributed by atoms with Gasteiger partial charge in [0.2, 0.25) is 21.8 Å². The maximum Gasteiger partial charge on any atom is 0.244 e. The van der Waals surface area contributed by atoms with E-state index in [0.717, 1.165) is 16.1 Å². The van der Waals surface area contributed by atoms with Crippen molar-refractivity contribution in [2.75, 3.05) is 23.7 Å². The highest BCUT2D eigenvalue weighted by Crippen LogP contribution is 2.26. The van der Waals surface area contributed by atoms with Gasteiger partial charge in [-0.05, 0) is 50.1 Å². The lowest BCUT2D eigenvalue weighted by atomic mass is 10.1. The van der Waals surface area contributed by atoms with Crippen LogP contribution in [0.3, 0.4) is 0 Å². The predicted octanol–water partition coefficient (Wildman–Crippen LogP) is 2.97. The molecule has 0 spiro atoms. The zero-order chi connectivity index (χ0) is 23.2. The third kappa shape index (κ3) is 6.70. The standard InChI is InChI=1S/C22H28ClN3O4S/c1-5-24-22(28)17(3)25(14-18-9-7-6-8-10-18)21(27)15-26(31(4,29)30)20-12-11-19(23)13-16(20)2/h6-13,17H,5,14-15H2,1-4H3,(H,24,28)/t17-/m1/s1. The number of nitrogens with zero attached hydrogens (tertiary/aromatic N) is 2. The second-order valence-electron chi connectivity index (χ2n) is 7.28. The highest BCUT2D eigenvalue weighted by Gasteiger charge is 2.30. The van der Waals surface area contributed by atoms with Crippen LogP contribution in [0, 0.1) is 6.92 Å². The van der Waals surface area contributed by atoms with Gasteiger partial charge in [0, 0.05) is 18.1 Å². The maximum atomic E-state index is 13.3. The number of halogens is 1. The molecule has 1 N–H and O–H groups in total. The minimum absolute atomic E-state index is 0.176. The number of carbonyl (C=O) groups is 2. The van der Waals surface area contributed by atoms with Crippen molar-refractivity contribution in [3.05, 3.63) is 64.7 Å². The van der Waals surface area contributed by atoms with Gasteiger partial charge in [-0.15, -0.1) is 0 Å². The molecule has 2 aromatic carbocycles. The van der Waals surface area contributed by atoms with Gasteiger partial charge in [-0.1, -0.05) is 41.9 Å². The van der Waals surface area contributed by atoms with Crippen molar-refractivity contribution in [1.82, 2.24) is 10.2 Å². The van der Waals surface area contributed by atoms with Crippen molar-refractivity contribution >= 4 is 39.1 Å². The summed E-state index contributed by atoms with van der Waals surface area (Å²) in [4.78, 5) is 27.2. The summed E-state index contributed by atoms with van der Waals surface area (Å²) < 4.78 is 26.1. The number of amides is 2. The van der Waals surface area contributed by atoms with Gasteiger partial charge >= 0.3 is 0 Å². The molecule has 0 aliphatic rings. The molecule has 2 amide bonds. The molecule has 0 unspecified atom stereocenters. The van der Waals surface area contributed by atoms with Crippen molar-refractivity contribution in [3.63, 3.8) is 0 Å². The van der Waals surface area contributed by atoms with Gasteiger partial charge in [-0.2, -0.15) is 0 Å². The average Bonchev–Trinajstić information content (AvgIpc) is 2.70. The topological polar surface area (TPSA) is 86.8 Å². The number of rotatable bonds is 9. The Hall–Kier alpha value is -2.58. The van der Waals surface area contributed by atoms with E-state index in [0.29, 0.717) is 22.8 Å². The number of aryl methyl sites for hydroxylation is 1. The third-order valence-electron chi connectivity index (χ3n) is 4.82. The summed E-state index contributed by atoms with van der Waals surface area (Å²) in [7, 11) is -3.77. The molecular weight excluding hydrogens is 438 g/mol. The summed E-state index contributed by atoms with van der Waals surface area (Å²) in [6, 6.07) is 13.2. The van der Waals surface area contributed by atoms with Gasteiger partial charge in [0.1, 0.15) is 12.6 Å². The van der Waals surface area contributed by atoms with E-state index < -0.39 is 28.5 Å². The van der Waals surface area contributed by atoms with Crippen LogP contribution in [0.4, 0.5) is 5.69 Å². The van der Waals surface area contributed by atoms with Crippen LogP contribution in [0.5, 0.6) is 0 Å². The minimum atomic E-state index is -3.77. The average molecular weight is 466 g/mol. The van der Waals surface area contributed by atoms with Crippen LogP contribution < -0.4 is 9.62 Å². The smallest absolute Gasteiger partial charge is 0.244 e. The van der Waals surface area contributed by atoms with Crippen molar-refractivity contribution in [2.24, 2.45) is 0 Å². The Morgan fingerprint density at radius 1 is 1.13 bits per heavy atom. The number of hydrogen-bond acceptors (Lipinski definition) is 4. The first kappa shape index (κ1) is 24.7. The number of nitrogens with one attached hydrogen (secondary N) is 1. The molecule has 0 saturated carbocycles. The van der Waals surface area contributed by atoms with E-state index in [4.69, 9.17) is 11.6 Å². The highest BCUT2D eigenvalue weighted by molar-refractivity contribution is 7.92. The molecule has 7 nitrogen and oxygen atoms in total. The Balaban J connectivity index is 2.39. The first-order valence-corrected chi connectivity index (χ1v) is 12.1. The van der Waals surface area contributed by atoms with E-state index in [2.05, 4.69) is 5.32 Å². The fraction of sp³-hybridized carbons (Fsp3) is 0.364. The Morgan fingerprint density at radius 2 is 1.77 bits per heavy atom. The van der Waals surface area contributed by atoms with Crippen molar-refractivity contribution < 1.29 is 18.0 Å². The van der Waals surface area contributed by atoms with Gasteiger partial charge in [-0.25, -0.2) is 8.42 Å². The molecule has 0 radical (unpaired) electrons. The molecule has 9 heteroatoms. The van der Waals surface area contributed by atoms with E-state index in [9.17, 15) is 18.0 Å². The predicted molar refractivity (Wildman–Crippen MR) is 124 cm³/mol. The van der Waals surface area contributed by atoms with Crippen molar-refractivity contribution in [2.45, 2.75) is 33.4 Å². The summed E-state index contributed by atoms with van der Waals surface area (Å²) in [5, 5.41) is 3.19. The number of benzene rings is 2. The molecule has 2 aromatic rings. The first-order chi connectivity index (χ1) is 14.5. The van der Waals surface area contributed by atoms with Crippen molar-refractivity contribution in [3.8, 4) is 0 Å². The summed E-state index contributed by atoms with van der Waals surface area (Å²) in [6.07, 6.45) is 1.04. The molecule has 0 heterocycles. The van der Waals surface area contributed by atoms with Gasteiger partial charge in [0.25, 0.3) is 0 Å². The molecule has 0 saturated heterocycles. The SMILES string of the molecule is CCNC(=O)[C@@H](C)N(Cc1ccccc1)C(=O)CN(c1ccc(Cl)cc1C)S(C)(=O)=O. The summed E-state index contributed by atoms with van der Waals surface area (Å²) in [5.74, 6) is -0.789. The molecule has 0 aromatic heterocycles. The Labute approximate surface area is 189 Å². The molecule has 168 valence electrons. The monoisotopic (exact) mass is 465 g/mol. The second-order valence-corrected chi connectivity index (χ2v) is 9.62. The van der Waals surface area contributed by atoms with Gasteiger partial charge < -0.3 is 10.2 Å². The minimum Gasteiger partial charge on any atom is -0.355 e. The number of sulfonamides is 1. The van der Waals surface area contributed by atoms with Crippen LogP contribution in [-0.4, -0.2) is 50.5 Å². The molecule has 1 atom stereocenters. The lowest BCUT2D eigenvalue weighted by molar-refractivity contribution is -0.139. The van der Waals surface area contributed by atoms with E-state index in [1.165, 1.54) is 4.90 Å². The lowest BCUT2D eigenvalue weighted by Crippen LogP contribution is -2.51. The molecular formula is C22H28ClN3O4S. The third-order valence-corrected chi connectivity index (χ3v) is 6.18. The van der Waals surface area contributed by atoms with E-state index in [1.807, 2.05) is 30.3 Å². The number of hydrogen-bond donors (Lipinski definition) is 1. The van der Waals surface area contributed by atoms with Crippen LogP contribution in [0.1, 0.15) is 25.0 Å². The molecule has 0 fully saturated rings. The zero-order valence-corrected chi connectivity index (χ0v) is 19.7. The molecule has 0 bridgehead atoms. The van der Waals surface area contributed by atoms with Crippen LogP contribution in [0.25, 0.3) is 0 Å². The number of anilines is 1. The van der Waals surface area contributed by atoms with Gasteiger partial charge in [-0.3, -0.25) is 13.9 Å². The van der Waals surface area contributed by atoms with E-state index >= 15 is 0 Å². The lowest BCUT2D eigenvalue weighted by Gasteiger charge is -2.31. The molecule has 31 heavy (non-hydrogen) atoms. The van der Waals surface area contributed by atoms with Crippen molar-refractivity contribution in [1.29, 1.82) is 0 Å². The first-order valence-electron chi connectivity index (χ1n) is 9.89. The normalized spacial score (nSPS) is 12.2. The summed E-state index contributed by atoms with van der Waals surface area (Å²) in [5.41, 5.74) is 1.82. The number of carbonyl (C=O) groups excluding carboxylic acids is 2. The number of likely N-dealkylation sites (N-methyl/N-ethyl adjacent to an activating group) is 1. The van der Waals surface area contributed by atoms with Crippen LogP contribution >= 0.6 is 11.6 Å². The zero-order valence-electron chi connectivity index (χ0n) is 18.1. The molecule has 0 aliphatic heterocycles. The van der Waals surface area contributed by atoms with Gasteiger partial charge in [0.15, 0.2) is 0 Å². The summed E-state index contributed by atoms with van der Waals surface area (Å²) >= 11 is 6.00. The second kappa shape index (κ2) is 10.6. The van der Waals surface area contributed by atoms with E-state index in [1.54, 1.807) is 39.0 Å². The molecule has 0 aliphatic carbocycles. The highest BCUT2D eigenvalue weighted by atomic mass is 35.5. The van der Waals surface area contributed by atoms with E-state index in [-0.39, 0.29) is 12.5 Å². The fourth-order valence-electron chi connectivity index (χ4n) is 3.18. The Morgan fingerprint density at radius 3 is 2.32 bits per heavy atom. The van der Waals surface area contributed by atoms with Gasteiger partial charge in [0.05, 0.1) is 11.9 Å². The maximum absolute atomic E-state index is 13.3. The molecule has 2 rings (SSSR count). The van der Waals surface area contributed by atoms with Crippen LogP contribution in [0.2, 0.25) is 5.02 Å². The fourth-order valence-corrected chi connectivity index (χ4v) is 4.31. The summed E-state index contributed by atoms with van der Waals surface area (Å²) in [6.45, 7) is 5.32.